The normalized spacial score (nSPS) is 25.8. The van der Waals surface area contributed by atoms with Crippen molar-refractivity contribution in [2.75, 3.05) is 36.6 Å². The summed E-state index contributed by atoms with van der Waals surface area (Å²) in [4.78, 5) is 22.2. The lowest BCUT2D eigenvalue weighted by Gasteiger charge is -2.06. The van der Waals surface area contributed by atoms with Gasteiger partial charge < -0.3 is 18.9 Å². The molecule has 0 saturated carbocycles. The van der Waals surface area contributed by atoms with Gasteiger partial charge in [-0.3, -0.25) is 0 Å². The highest BCUT2D eigenvalue weighted by molar-refractivity contribution is 8.02. The summed E-state index contributed by atoms with van der Waals surface area (Å²) in [5, 5.41) is 0. The fraction of sp³-hybridized carbons (Fsp3) is 0.833. The molecule has 0 radical (unpaired) electrons. The van der Waals surface area contributed by atoms with Crippen LogP contribution in [0.3, 0.4) is 0 Å². The number of thioether (sulfide) groups is 2. The van der Waals surface area contributed by atoms with Crippen molar-refractivity contribution in [3.63, 3.8) is 0 Å². The molecule has 0 aliphatic carbocycles. The summed E-state index contributed by atoms with van der Waals surface area (Å²) < 4.78 is 19.7. The van der Waals surface area contributed by atoms with Crippen LogP contribution in [0.1, 0.15) is 12.8 Å². The lowest BCUT2D eigenvalue weighted by atomic mass is 10.3. The van der Waals surface area contributed by atoms with Crippen LogP contribution in [0.4, 0.5) is 0 Å². The maximum Gasteiger partial charge on any atom is 0.337 e. The van der Waals surface area contributed by atoms with Crippen LogP contribution in [0.5, 0.6) is 0 Å². The summed E-state index contributed by atoms with van der Waals surface area (Å²) in [7, 11) is 0. The monoisotopic (exact) mass is 322 g/mol. The third-order valence-corrected chi connectivity index (χ3v) is 5.18. The first-order chi connectivity index (χ1) is 9.77. The molecule has 0 aromatic heterocycles. The molecule has 2 aliphatic heterocycles. The van der Waals surface area contributed by atoms with Gasteiger partial charge in [-0.2, -0.15) is 23.5 Å². The SMILES string of the molecule is O=C1OCO[C@H]1CCSCCSCC[C@@H]1OCOC1=O. The van der Waals surface area contributed by atoms with E-state index < -0.39 is 0 Å². The van der Waals surface area contributed by atoms with Gasteiger partial charge in [0.15, 0.2) is 25.8 Å². The van der Waals surface area contributed by atoms with Crippen LogP contribution in [-0.4, -0.2) is 60.7 Å². The number of hydrogen-bond donors (Lipinski definition) is 0. The average molecular weight is 322 g/mol. The third kappa shape index (κ3) is 5.16. The Labute approximate surface area is 126 Å². The standard InChI is InChI=1S/C12H18O6S2/c13-11-9(15-7-17-11)1-3-19-5-6-20-4-2-10-12(14)18-8-16-10/h9-10H,1-8H2/t9-,10-/m0/s1. The van der Waals surface area contributed by atoms with E-state index in [-0.39, 0.29) is 37.7 Å². The van der Waals surface area contributed by atoms with E-state index >= 15 is 0 Å². The second-order valence-electron chi connectivity index (χ2n) is 4.28. The molecule has 2 fully saturated rings. The van der Waals surface area contributed by atoms with Crippen molar-refractivity contribution in [2.24, 2.45) is 0 Å². The predicted octanol–water partition coefficient (Wildman–Crippen LogP) is 1.03. The Hall–Kier alpha value is -0.440. The van der Waals surface area contributed by atoms with E-state index in [1.165, 1.54) is 0 Å². The fourth-order valence-electron chi connectivity index (χ4n) is 1.78. The number of ether oxygens (including phenoxy) is 4. The van der Waals surface area contributed by atoms with Crippen LogP contribution < -0.4 is 0 Å². The highest BCUT2D eigenvalue weighted by Gasteiger charge is 2.27. The van der Waals surface area contributed by atoms with Gasteiger partial charge in [-0.05, 0) is 24.3 Å². The molecule has 0 bridgehead atoms. The van der Waals surface area contributed by atoms with Crippen molar-refractivity contribution >= 4 is 35.5 Å². The maximum absolute atomic E-state index is 11.1. The summed E-state index contributed by atoms with van der Waals surface area (Å²) in [6.07, 6.45) is 0.660. The van der Waals surface area contributed by atoms with Crippen molar-refractivity contribution in [1.29, 1.82) is 0 Å². The fourth-order valence-corrected chi connectivity index (χ4v) is 3.89. The number of rotatable bonds is 9. The van der Waals surface area contributed by atoms with Crippen LogP contribution in [-0.2, 0) is 28.5 Å². The van der Waals surface area contributed by atoms with E-state index in [1.54, 1.807) is 23.5 Å². The Morgan fingerprint density at radius 1 is 0.800 bits per heavy atom. The molecular formula is C12H18O6S2. The maximum atomic E-state index is 11.1. The number of esters is 2. The van der Waals surface area contributed by atoms with Crippen LogP contribution >= 0.6 is 23.5 Å². The second-order valence-corrected chi connectivity index (χ2v) is 6.72. The van der Waals surface area contributed by atoms with E-state index in [9.17, 15) is 9.59 Å². The number of carbonyl (C=O) groups excluding carboxylic acids is 2. The summed E-state index contributed by atoms with van der Waals surface area (Å²) in [5.41, 5.74) is 0. The largest absolute Gasteiger partial charge is 0.437 e. The van der Waals surface area contributed by atoms with Crippen molar-refractivity contribution in [2.45, 2.75) is 25.0 Å². The van der Waals surface area contributed by atoms with Gasteiger partial charge in [-0.1, -0.05) is 0 Å². The predicted molar refractivity (Wildman–Crippen MR) is 75.5 cm³/mol. The molecule has 6 nitrogen and oxygen atoms in total. The van der Waals surface area contributed by atoms with E-state index in [1.807, 2.05) is 0 Å². The van der Waals surface area contributed by atoms with Gasteiger partial charge in [0.1, 0.15) is 0 Å². The van der Waals surface area contributed by atoms with Crippen LogP contribution in [0.15, 0.2) is 0 Å². The molecule has 2 aliphatic rings. The summed E-state index contributed by atoms with van der Waals surface area (Å²) in [6, 6.07) is 0. The minimum atomic E-state index is -0.374. The first-order valence-electron chi connectivity index (χ1n) is 6.49. The Bertz CT molecular complexity index is 306. The quantitative estimate of drug-likeness (QED) is 0.460. The minimum absolute atomic E-state index is 0.0929. The van der Waals surface area contributed by atoms with Crippen molar-refractivity contribution < 1.29 is 28.5 Å². The molecule has 0 unspecified atom stereocenters. The number of hydrogen-bond acceptors (Lipinski definition) is 8. The summed E-state index contributed by atoms with van der Waals surface area (Å²) in [5.74, 6) is 3.31. The van der Waals surface area contributed by atoms with Crippen molar-refractivity contribution in [1.82, 2.24) is 0 Å². The van der Waals surface area contributed by atoms with Crippen molar-refractivity contribution in [3.05, 3.63) is 0 Å². The summed E-state index contributed by atoms with van der Waals surface area (Å²) in [6.45, 7) is 0.186. The van der Waals surface area contributed by atoms with E-state index in [4.69, 9.17) is 18.9 Å². The highest BCUT2D eigenvalue weighted by atomic mass is 32.2. The Kier molecular flexibility index (Phi) is 6.98. The van der Waals surface area contributed by atoms with Gasteiger partial charge in [-0.15, -0.1) is 0 Å². The van der Waals surface area contributed by atoms with Gasteiger partial charge in [0.2, 0.25) is 0 Å². The molecule has 20 heavy (non-hydrogen) atoms. The zero-order chi connectivity index (χ0) is 14.2. The molecule has 114 valence electrons. The number of cyclic esters (lactones) is 2. The van der Waals surface area contributed by atoms with Gasteiger partial charge >= 0.3 is 11.9 Å². The molecule has 0 N–H and O–H groups in total. The third-order valence-electron chi connectivity index (χ3n) is 2.89. The molecule has 2 saturated heterocycles. The van der Waals surface area contributed by atoms with Crippen molar-refractivity contribution in [3.8, 4) is 0 Å². The van der Waals surface area contributed by atoms with Gasteiger partial charge in [-0.25, -0.2) is 9.59 Å². The van der Waals surface area contributed by atoms with Crippen LogP contribution in [0, 0.1) is 0 Å². The minimum Gasteiger partial charge on any atom is -0.437 e. The molecule has 0 aromatic rings. The lowest BCUT2D eigenvalue weighted by Crippen LogP contribution is -2.17. The Morgan fingerprint density at radius 2 is 1.25 bits per heavy atom. The molecule has 0 spiro atoms. The molecule has 2 heterocycles. The average Bonchev–Trinajstić information content (AvgIpc) is 3.02. The molecule has 2 rings (SSSR count). The first kappa shape index (κ1) is 15.9. The van der Waals surface area contributed by atoms with Gasteiger partial charge in [0.25, 0.3) is 0 Å². The summed E-state index contributed by atoms with van der Waals surface area (Å²) >= 11 is 3.59. The molecule has 0 aromatic carbocycles. The molecular weight excluding hydrogens is 304 g/mol. The topological polar surface area (TPSA) is 71.1 Å². The molecule has 8 heteroatoms. The Morgan fingerprint density at radius 3 is 1.60 bits per heavy atom. The van der Waals surface area contributed by atoms with E-state index in [0.717, 1.165) is 23.0 Å². The zero-order valence-electron chi connectivity index (χ0n) is 11.1. The zero-order valence-corrected chi connectivity index (χ0v) is 12.7. The number of carbonyl (C=O) groups is 2. The lowest BCUT2D eigenvalue weighted by molar-refractivity contribution is -0.140. The van der Waals surface area contributed by atoms with Gasteiger partial charge in [0.05, 0.1) is 0 Å². The van der Waals surface area contributed by atoms with E-state index in [2.05, 4.69) is 0 Å². The molecule has 2 atom stereocenters. The smallest absolute Gasteiger partial charge is 0.337 e. The molecule has 0 amide bonds. The Balaban J connectivity index is 1.38. The van der Waals surface area contributed by atoms with Crippen LogP contribution in [0.2, 0.25) is 0 Å². The first-order valence-corrected chi connectivity index (χ1v) is 8.80. The second kappa shape index (κ2) is 8.76. The van der Waals surface area contributed by atoms with Crippen LogP contribution in [0.25, 0.3) is 0 Å². The van der Waals surface area contributed by atoms with Gasteiger partial charge in [0, 0.05) is 11.5 Å². The highest BCUT2D eigenvalue weighted by Crippen LogP contribution is 2.16. The van der Waals surface area contributed by atoms with E-state index in [0.29, 0.717) is 12.8 Å².